The minimum Gasteiger partial charge on any atom is -0.478 e. The van der Waals surface area contributed by atoms with Crippen LogP contribution in [0.15, 0.2) is 35.3 Å². The first-order valence-electron chi connectivity index (χ1n) is 4.13. The highest BCUT2D eigenvalue weighted by Crippen LogP contribution is 1.93. The van der Waals surface area contributed by atoms with E-state index in [0.29, 0.717) is 5.56 Å². The summed E-state index contributed by atoms with van der Waals surface area (Å²) in [5.74, 6) is -1.07. The number of carbonyl (C=O) groups is 1. The van der Waals surface area contributed by atoms with Crippen molar-refractivity contribution in [1.29, 1.82) is 5.26 Å². The molecule has 0 saturated heterocycles. The van der Waals surface area contributed by atoms with Gasteiger partial charge in [0.25, 0.3) is 5.56 Å². The van der Waals surface area contributed by atoms with Gasteiger partial charge in [-0.1, -0.05) is 6.08 Å². The van der Waals surface area contributed by atoms with Crippen molar-refractivity contribution in [1.82, 2.24) is 4.57 Å². The zero-order valence-electron chi connectivity index (χ0n) is 7.75. The molecule has 0 aromatic carbocycles. The lowest BCUT2D eigenvalue weighted by atomic mass is 10.3. The minimum atomic E-state index is -1.07. The Bertz CT molecular complexity index is 494. The first kappa shape index (κ1) is 10.7. The number of hydrogen-bond donors (Lipinski definition) is 1. The number of rotatable bonds is 3. The Hall–Kier alpha value is -2.35. The van der Waals surface area contributed by atoms with E-state index >= 15 is 0 Å². The fraction of sp³-hybridized carbons (Fsp3) is 0.100. The highest BCUT2D eigenvalue weighted by atomic mass is 16.4. The van der Waals surface area contributed by atoms with Gasteiger partial charge in [-0.05, 0) is 6.07 Å². The van der Waals surface area contributed by atoms with Crippen LogP contribution in [0.4, 0.5) is 0 Å². The van der Waals surface area contributed by atoms with Gasteiger partial charge in [0.1, 0.15) is 6.07 Å². The van der Waals surface area contributed by atoms with Crippen molar-refractivity contribution in [2.24, 2.45) is 0 Å². The van der Waals surface area contributed by atoms with Crippen LogP contribution in [0, 0.1) is 11.3 Å². The third kappa shape index (κ3) is 3.12. The normalized spacial score (nSPS) is 10.1. The average Bonchev–Trinajstić information content (AvgIpc) is 2.20. The summed E-state index contributed by atoms with van der Waals surface area (Å²) in [5, 5.41) is 16.9. The number of aliphatic carboxylic acids is 1. The second kappa shape index (κ2) is 4.77. The number of aromatic nitrogens is 1. The summed E-state index contributed by atoms with van der Waals surface area (Å²) < 4.78 is 1.26. The second-order valence-electron chi connectivity index (χ2n) is 2.76. The number of carboxylic acids is 1. The van der Waals surface area contributed by atoms with Crippen molar-refractivity contribution < 1.29 is 9.90 Å². The number of nitriles is 1. The number of allylic oxidation sites excluding steroid dienone is 1. The largest absolute Gasteiger partial charge is 0.478 e. The molecule has 0 radical (unpaired) electrons. The minimum absolute atomic E-state index is 0.140. The molecule has 5 heteroatoms. The molecule has 0 aliphatic rings. The van der Waals surface area contributed by atoms with Crippen molar-refractivity contribution in [3.8, 4) is 6.07 Å². The monoisotopic (exact) mass is 204 g/mol. The van der Waals surface area contributed by atoms with E-state index in [1.165, 1.54) is 29.0 Å². The molecular formula is C10H8N2O3. The van der Waals surface area contributed by atoms with Crippen LogP contribution in [0.3, 0.4) is 0 Å². The average molecular weight is 204 g/mol. The van der Waals surface area contributed by atoms with Crippen molar-refractivity contribution in [3.63, 3.8) is 0 Å². The first-order valence-corrected chi connectivity index (χ1v) is 4.13. The Morgan fingerprint density at radius 3 is 2.93 bits per heavy atom. The molecule has 0 aliphatic carbocycles. The van der Waals surface area contributed by atoms with E-state index in [9.17, 15) is 9.59 Å². The maximum Gasteiger partial charge on any atom is 0.328 e. The third-order valence-electron chi connectivity index (χ3n) is 1.68. The van der Waals surface area contributed by atoms with Crippen LogP contribution < -0.4 is 5.56 Å². The predicted octanol–water partition coefficient (Wildman–Crippen LogP) is 0.361. The maximum absolute atomic E-state index is 11.2. The lowest BCUT2D eigenvalue weighted by Crippen LogP contribution is -2.17. The van der Waals surface area contributed by atoms with E-state index < -0.39 is 5.97 Å². The quantitative estimate of drug-likeness (QED) is 0.720. The molecule has 15 heavy (non-hydrogen) atoms. The Kier molecular flexibility index (Phi) is 3.41. The Morgan fingerprint density at radius 2 is 2.33 bits per heavy atom. The molecule has 0 saturated carbocycles. The Balaban J connectivity index is 2.90. The SMILES string of the molecule is N#Cc1ccc(=O)n(C/C=C/C(=O)O)c1. The van der Waals surface area contributed by atoms with E-state index in [-0.39, 0.29) is 12.1 Å². The molecule has 0 atom stereocenters. The van der Waals surface area contributed by atoms with E-state index in [4.69, 9.17) is 10.4 Å². The van der Waals surface area contributed by atoms with Crippen molar-refractivity contribution in [2.45, 2.75) is 6.54 Å². The molecule has 0 bridgehead atoms. The standard InChI is InChI=1S/C10H8N2O3/c11-6-8-3-4-9(13)12(7-8)5-1-2-10(14)15/h1-4,7H,5H2,(H,14,15)/b2-1+. The van der Waals surface area contributed by atoms with E-state index in [2.05, 4.69) is 0 Å². The molecule has 0 unspecified atom stereocenters. The molecular weight excluding hydrogens is 196 g/mol. The highest BCUT2D eigenvalue weighted by molar-refractivity contribution is 5.79. The van der Waals surface area contributed by atoms with Gasteiger partial charge in [0.05, 0.1) is 5.56 Å². The first-order chi connectivity index (χ1) is 7.13. The highest BCUT2D eigenvalue weighted by Gasteiger charge is 1.96. The molecule has 5 nitrogen and oxygen atoms in total. The summed E-state index contributed by atoms with van der Waals surface area (Å²) in [6, 6.07) is 4.58. The third-order valence-corrected chi connectivity index (χ3v) is 1.68. The number of pyridine rings is 1. The van der Waals surface area contributed by atoms with Gasteiger partial charge < -0.3 is 9.67 Å². The molecule has 1 heterocycles. The lowest BCUT2D eigenvalue weighted by molar-refractivity contribution is -0.131. The van der Waals surface area contributed by atoms with Crippen LogP contribution in [0.25, 0.3) is 0 Å². The molecule has 0 spiro atoms. The van der Waals surface area contributed by atoms with Crippen LogP contribution in [-0.2, 0) is 11.3 Å². The van der Waals surface area contributed by atoms with Crippen molar-refractivity contribution in [2.75, 3.05) is 0 Å². The van der Waals surface area contributed by atoms with E-state index in [0.717, 1.165) is 6.08 Å². The zero-order chi connectivity index (χ0) is 11.3. The van der Waals surface area contributed by atoms with Crippen molar-refractivity contribution >= 4 is 5.97 Å². The molecule has 0 amide bonds. The van der Waals surface area contributed by atoms with Crippen LogP contribution in [0.2, 0.25) is 0 Å². The number of hydrogen-bond acceptors (Lipinski definition) is 3. The Morgan fingerprint density at radius 1 is 1.60 bits per heavy atom. The van der Waals surface area contributed by atoms with Crippen LogP contribution in [-0.4, -0.2) is 15.6 Å². The van der Waals surface area contributed by atoms with Gasteiger partial charge in [-0.2, -0.15) is 5.26 Å². The fourth-order valence-electron chi connectivity index (χ4n) is 1.01. The van der Waals surface area contributed by atoms with Crippen LogP contribution in [0.5, 0.6) is 0 Å². The summed E-state index contributed by atoms with van der Waals surface area (Å²) in [4.78, 5) is 21.4. The molecule has 0 aliphatic heterocycles. The van der Waals surface area contributed by atoms with Crippen LogP contribution >= 0.6 is 0 Å². The van der Waals surface area contributed by atoms with Crippen molar-refractivity contribution in [3.05, 3.63) is 46.4 Å². The van der Waals surface area contributed by atoms with Gasteiger partial charge in [0.15, 0.2) is 0 Å². The molecule has 1 aromatic rings. The summed E-state index contributed by atoms with van der Waals surface area (Å²) in [5.41, 5.74) is 0.0855. The van der Waals surface area contributed by atoms with E-state index in [1.807, 2.05) is 6.07 Å². The van der Waals surface area contributed by atoms with Gasteiger partial charge in [0, 0.05) is 24.9 Å². The summed E-state index contributed by atoms with van der Waals surface area (Å²) in [7, 11) is 0. The second-order valence-corrected chi connectivity index (χ2v) is 2.76. The van der Waals surface area contributed by atoms with Gasteiger partial charge in [-0.15, -0.1) is 0 Å². The molecule has 1 N–H and O–H groups in total. The number of nitrogens with zero attached hydrogens (tertiary/aromatic N) is 2. The summed E-state index contributed by atoms with van der Waals surface area (Å²) in [6.07, 6.45) is 3.67. The molecule has 1 aromatic heterocycles. The number of carboxylic acid groups (broad SMARTS) is 1. The topological polar surface area (TPSA) is 83.1 Å². The van der Waals surface area contributed by atoms with Gasteiger partial charge in [0.2, 0.25) is 0 Å². The van der Waals surface area contributed by atoms with Gasteiger partial charge in [-0.25, -0.2) is 4.79 Å². The predicted molar refractivity (Wildman–Crippen MR) is 52.2 cm³/mol. The molecule has 0 fully saturated rings. The van der Waals surface area contributed by atoms with Gasteiger partial charge in [-0.3, -0.25) is 4.79 Å². The summed E-state index contributed by atoms with van der Waals surface area (Å²) >= 11 is 0. The smallest absolute Gasteiger partial charge is 0.328 e. The van der Waals surface area contributed by atoms with E-state index in [1.54, 1.807) is 0 Å². The maximum atomic E-state index is 11.2. The fourth-order valence-corrected chi connectivity index (χ4v) is 1.01. The zero-order valence-corrected chi connectivity index (χ0v) is 7.75. The van der Waals surface area contributed by atoms with Crippen LogP contribution in [0.1, 0.15) is 5.56 Å². The van der Waals surface area contributed by atoms with Gasteiger partial charge >= 0.3 is 5.97 Å². The summed E-state index contributed by atoms with van der Waals surface area (Å²) in [6.45, 7) is 0.140. The molecule has 76 valence electrons. The molecule has 1 rings (SSSR count). The lowest BCUT2D eigenvalue weighted by Gasteiger charge is -2.00. The Labute approximate surface area is 85.5 Å².